The number of sulfonamides is 1. The Morgan fingerprint density at radius 1 is 1.19 bits per heavy atom. The van der Waals surface area contributed by atoms with E-state index < -0.39 is 15.6 Å². The number of rotatable bonds is 6. The molecule has 2 rings (SSSR count). The molecule has 5 nitrogen and oxygen atoms in total. The minimum atomic E-state index is -3.73. The van der Waals surface area contributed by atoms with Crippen molar-refractivity contribution in [3.8, 4) is 0 Å². The number of aromatic nitrogens is 1. The van der Waals surface area contributed by atoms with Crippen LogP contribution in [0.3, 0.4) is 0 Å². The minimum absolute atomic E-state index is 0.188. The molecule has 0 atom stereocenters. The first-order valence-corrected chi connectivity index (χ1v) is 8.45. The van der Waals surface area contributed by atoms with Gasteiger partial charge in [0.15, 0.2) is 0 Å². The summed E-state index contributed by atoms with van der Waals surface area (Å²) in [6.45, 7) is 3.47. The molecular weight excluding hydrogens is 288 g/mol. The van der Waals surface area contributed by atoms with E-state index in [9.17, 15) is 13.5 Å². The molecule has 21 heavy (non-hydrogen) atoms. The van der Waals surface area contributed by atoms with Gasteiger partial charge in [0.2, 0.25) is 10.0 Å². The van der Waals surface area contributed by atoms with Gasteiger partial charge in [-0.2, -0.15) is 0 Å². The number of nitrogens with one attached hydrogen (secondary N) is 1. The molecule has 0 unspecified atom stereocenters. The summed E-state index contributed by atoms with van der Waals surface area (Å²) < 4.78 is 28.0. The van der Waals surface area contributed by atoms with Crippen LogP contribution in [0.2, 0.25) is 0 Å². The average Bonchev–Trinajstić information content (AvgIpc) is 2.52. The molecule has 2 N–H and O–H groups in total. The Bertz CT molecular complexity index is 711. The molecule has 1 heterocycles. The predicted octanol–water partition coefficient (Wildman–Crippen LogP) is 2.06. The van der Waals surface area contributed by atoms with Crippen molar-refractivity contribution in [3.63, 3.8) is 0 Å². The Labute approximate surface area is 125 Å². The summed E-state index contributed by atoms with van der Waals surface area (Å²) in [5, 5.41) is 10.1. The van der Waals surface area contributed by atoms with Gasteiger partial charge in [-0.3, -0.25) is 4.98 Å². The molecule has 0 amide bonds. The Morgan fingerprint density at radius 3 is 2.52 bits per heavy atom. The van der Waals surface area contributed by atoms with Crippen molar-refractivity contribution in [2.24, 2.45) is 0 Å². The van der Waals surface area contributed by atoms with Crippen LogP contribution < -0.4 is 4.72 Å². The standard InChI is InChI=1S/C15H20N2O3S/c1-3-15(4-2,11-18)17-21(19,20)14-9-5-8-13-12(14)7-6-10-16-13/h5-10,17-18H,3-4,11H2,1-2H3. The normalized spacial score (nSPS) is 12.7. The molecule has 0 radical (unpaired) electrons. The number of aliphatic hydroxyl groups excluding tert-OH is 1. The molecule has 1 aromatic carbocycles. The van der Waals surface area contributed by atoms with Gasteiger partial charge in [-0.05, 0) is 37.1 Å². The number of hydrogen-bond donors (Lipinski definition) is 2. The van der Waals surface area contributed by atoms with Crippen molar-refractivity contribution < 1.29 is 13.5 Å². The van der Waals surface area contributed by atoms with Crippen LogP contribution in [0.5, 0.6) is 0 Å². The van der Waals surface area contributed by atoms with Gasteiger partial charge in [-0.25, -0.2) is 13.1 Å². The zero-order chi connectivity index (χ0) is 15.5. The summed E-state index contributed by atoms with van der Waals surface area (Å²) in [4.78, 5) is 4.36. The lowest BCUT2D eigenvalue weighted by Crippen LogP contribution is -2.50. The van der Waals surface area contributed by atoms with E-state index >= 15 is 0 Å². The highest BCUT2D eigenvalue weighted by atomic mass is 32.2. The maximum absolute atomic E-state index is 12.7. The van der Waals surface area contributed by atoms with Gasteiger partial charge in [0.25, 0.3) is 0 Å². The third kappa shape index (κ3) is 3.07. The molecule has 0 aliphatic rings. The van der Waals surface area contributed by atoms with Crippen molar-refractivity contribution in [3.05, 3.63) is 36.5 Å². The van der Waals surface area contributed by atoms with Crippen LogP contribution in [-0.4, -0.2) is 30.7 Å². The van der Waals surface area contributed by atoms with E-state index in [-0.39, 0.29) is 11.5 Å². The number of pyridine rings is 1. The number of aliphatic hydroxyl groups is 1. The van der Waals surface area contributed by atoms with Gasteiger partial charge in [0.05, 0.1) is 22.6 Å². The van der Waals surface area contributed by atoms with Crippen LogP contribution >= 0.6 is 0 Å². The van der Waals surface area contributed by atoms with Crippen LogP contribution in [0.25, 0.3) is 10.9 Å². The number of hydrogen-bond acceptors (Lipinski definition) is 4. The minimum Gasteiger partial charge on any atom is -0.394 e. The smallest absolute Gasteiger partial charge is 0.241 e. The fourth-order valence-corrected chi connectivity index (χ4v) is 4.05. The summed E-state index contributed by atoms with van der Waals surface area (Å²) in [6.07, 6.45) is 2.66. The summed E-state index contributed by atoms with van der Waals surface area (Å²) in [7, 11) is -3.73. The second-order valence-electron chi connectivity index (χ2n) is 5.08. The highest BCUT2D eigenvalue weighted by Gasteiger charge is 2.32. The molecule has 0 spiro atoms. The van der Waals surface area contributed by atoms with E-state index in [0.29, 0.717) is 23.7 Å². The zero-order valence-corrected chi connectivity index (χ0v) is 13.0. The van der Waals surface area contributed by atoms with Crippen molar-refractivity contribution in [2.75, 3.05) is 6.61 Å². The summed E-state index contributed by atoms with van der Waals surface area (Å²) >= 11 is 0. The molecule has 0 aliphatic heterocycles. The van der Waals surface area contributed by atoms with E-state index in [2.05, 4.69) is 9.71 Å². The van der Waals surface area contributed by atoms with Crippen LogP contribution in [-0.2, 0) is 10.0 Å². The van der Waals surface area contributed by atoms with Gasteiger partial charge in [0, 0.05) is 11.6 Å². The molecule has 0 bridgehead atoms. The number of nitrogens with zero attached hydrogens (tertiary/aromatic N) is 1. The van der Waals surface area contributed by atoms with E-state index in [1.165, 1.54) is 0 Å². The molecule has 2 aromatic rings. The van der Waals surface area contributed by atoms with E-state index in [1.807, 2.05) is 13.8 Å². The van der Waals surface area contributed by atoms with Crippen molar-refractivity contribution in [1.29, 1.82) is 0 Å². The first kappa shape index (κ1) is 15.9. The lowest BCUT2D eigenvalue weighted by Gasteiger charge is -2.30. The maximum Gasteiger partial charge on any atom is 0.241 e. The molecule has 0 aliphatic carbocycles. The second-order valence-corrected chi connectivity index (χ2v) is 6.73. The first-order valence-electron chi connectivity index (χ1n) is 6.96. The van der Waals surface area contributed by atoms with E-state index in [0.717, 1.165) is 0 Å². The van der Waals surface area contributed by atoms with Crippen molar-refractivity contribution in [1.82, 2.24) is 9.71 Å². The van der Waals surface area contributed by atoms with Crippen molar-refractivity contribution >= 4 is 20.9 Å². The molecular formula is C15H20N2O3S. The molecule has 114 valence electrons. The fourth-order valence-electron chi connectivity index (χ4n) is 2.30. The van der Waals surface area contributed by atoms with Crippen LogP contribution in [0.1, 0.15) is 26.7 Å². The summed E-state index contributed by atoms with van der Waals surface area (Å²) in [5.74, 6) is 0. The highest BCUT2D eigenvalue weighted by Crippen LogP contribution is 2.24. The topological polar surface area (TPSA) is 79.3 Å². The summed E-state index contributed by atoms with van der Waals surface area (Å²) in [6, 6.07) is 8.44. The Morgan fingerprint density at radius 2 is 1.90 bits per heavy atom. The highest BCUT2D eigenvalue weighted by molar-refractivity contribution is 7.89. The number of benzene rings is 1. The Hall–Kier alpha value is -1.50. The van der Waals surface area contributed by atoms with Gasteiger partial charge >= 0.3 is 0 Å². The van der Waals surface area contributed by atoms with Crippen LogP contribution in [0.15, 0.2) is 41.4 Å². The lowest BCUT2D eigenvalue weighted by atomic mass is 9.96. The average molecular weight is 308 g/mol. The summed E-state index contributed by atoms with van der Waals surface area (Å²) in [5.41, 5.74) is -0.202. The number of fused-ring (bicyclic) bond motifs is 1. The molecule has 1 aromatic heterocycles. The van der Waals surface area contributed by atoms with E-state index in [1.54, 1.807) is 36.5 Å². The van der Waals surface area contributed by atoms with Crippen LogP contribution in [0.4, 0.5) is 0 Å². The van der Waals surface area contributed by atoms with Gasteiger partial charge in [-0.15, -0.1) is 0 Å². The molecule has 0 saturated heterocycles. The zero-order valence-electron chi connectivity index (χ0n) is 12.2. The third-order valence-electron chi connectivity index (χ3n) is 3.90. The molecule has 0 saturated carbocycles. The molecule has 0 fully saturated rings. The monoisotopic (exact) mass is 308 g/mol. The third-order valence-corrected chi connectivity index (χ3v) is 5.54. The first-order chi connectivity index (χ1) is 9.98. The molecule has 6 heteroatoms. The SMILES string of the molecule is CCC(CC)(CO)NS(=O)(=O)c1cccc2ncccc12. The lowest BCUT2D eigenvalue weighted by molar-refractivity contribution is 0.172. The van der Waals surface area contributed by atoms with Gasteiger partial charge < -0.3 is 5.11 Å². The quantitative estimate of drug-likeness (QED) is 0.856. The van der Waals surface area contributed by atoms with Crippen molar-refractivity contribution in [2.45, 2.75) is 37.1 Å². The van der Waals surface area contributed by atoms with Gasteiger partial charge in [-0.1, -0.05) is 19.9 Å². The second kappa shape index (κ2) is 6.09. The maximum atomic E-state index is 12.7. The fraction of sp³-hybridized carbons (Fsp3) is 0.400. The largest absolute Gasteiger partial charge is 0.394 e. The van der Waals surface area contributed by atoms with Crippen LogP contribution in [0, 0.1) is 0 Å². The Balaban J connectivity index is 2.52. The van der Waals surface area contributed by atoms with E-state index in [4.69, 9.17) is 0 Å². The Kier molecular flexibility index (Phi) is 4.61. The van der Waals surface area contributed by atoms with Gasteiger partial charge in [0.1, 0.15) is 0 Å². The predicted molar refractivity (Wildman–Crippen MR) is 82.5 cm³/mol.